The van der Waals surface area contributed by atoms with Gasteiger partial charge < -0.3 is 40.4 Å². The van der Waals surface area contributed by atoms with E-state index in [2.05, 4.69) is 0 Å². The summed E-state index contributed by atoms with van der Waals surface area (Å²) in [5.41, 5.74) is 1.12. The molecule has 0 bridgehead atoms. The molecule has 6 N–H and O–H groups in total. The number of carbonyl (C=O) groups is 3. The molecule has 0 unspecified atom stereocenters. The number of fused-ring (bicyclic) bond motifs is 3. The maximum absolute atomic E-state index is 16.0. The minimum atomic E-state index is -2.71. The van der Waals surface area contributed by atoms with E-state index < -0.39 is 94.4 Å². The molecule has 1 saturated heterocycles. The highest BCUT2D eigenvalue weighted by Gasteiger charge is 2.56. The van der Waals surface area contributed by atoms with E-state index in [0.717, 1.165) is 6.92 Å². The molecule has 7 atom stereocenters. The number of hydrogen-bond acceptors (Lipinski definition) is 11. The summed E-state index contributed by atoms with van der Waals surface area (Å²) in [5, 5.41) is 43.9. The van der Waals surface area contributed by atoms with Gasteiger partial charge in [-0.05, 0) is 19.9 Å². The number of aliphatic hydroxyl groups is 2. The number of phenols is 2. The molecule has 0 saturated carbocycles. The van der Waals surface area contributed by atoms with E-state index in [4.69, 9.17) is 19.9 Å². The third kappa shape index (κ3) is 3.85. The number of benzene rings is 2. The van der Waals surface area contributed by atoms with E-state index in [1.54, 1.807) is 0 Å². The van der Waals surface area contributed by atoms with E-state index >= 15 is 4.39 Å². The van der Waals surface area contributed by atoms with Crippen LogP contribution in [0.2, 0.25) is 0 Å². The molecule has 1 fully saturated rings. The van der Waals surface area contributed by atoms with Gasteiger partial charge in [0.05, 0.1) is 36.0 Å². The highest BCUT2D eigenvalue weighted by atomic mass is 19.1. The first-order valence-electron chi connectivity index (χ1n) is 12.3. The number of ether oxygens (including phenoxy) is 3. The van der Waals surface area contributed by atoms with Crippen molar-refractivity contribution in [1.29, 1.82) is 0 Å². The van der Waals surface area contributed by atoms with Gasteiger partial charge in [-0.1, -0.05) is 12.1 Å². The lowest BCUT2D eigenvalue weighted by Crippen LogP contribution is -2.56. The zero-order valence-corrected chi connectivity index (χ0v) is 21.3. The minimum Gasteiger partial charge on any atom is -0.507 e. The quantitative estimate of drug-likeness (QED) is 0.294. The molecular weight excluding hydrogens is 517 g/mol. The van der Waals surface area contributed by atoms with Crippen LogP contribution in [-0.4, -0.2) is 81.2 Å². The largest absolute Gasteiger partial charge is 0.507 e. The van der Waals surface area contributed by atoms with E-state index in [1.165, 1.54) is 32.2 Å². The topological polar surface area (TPSA) is 186 Å². The number of ketones is 3. The summed E-state index contributed by atoms with van der Waals surface area (Å²) in [6.45, 7) is 2.47. The summed E-state index contributed by atoms with van der Waals surface area (Å²) in [6.07, 6.45) is -8.44. The first kappa shape index (κ1) is 27.2. The molecular formula is C27H28FNO10. The number of hydrogen-bond donors (Lipinski definition) is 5. The minimum absolute atomic E-state index is 0.0485. The molecule has 5 rings (SSSR count). The molecule has 12 heteroatoms. The maximum Gasteiger partial charge on any atom is 0.202 e. The average molecular weight is 546 g/mol. The smallest absolute Gasteiger partial charge is 0.202 e. The second-order valence-corrected chi connectivity index (χ2v) is 10.2. The van der Waals surface area contributed by atoms with Crippen molar-refractivity contribution >= 4 is 17.3 Å². The molecule has 0 amide bonds. The van der Waals surface area contributed by atoms with Crippen molar-refractivity contribution in [1.82, 2.24) is 0 Å². The number of Topliss-reactive ketones (excluding diaryl/α,β-unsaturated/α-hetero) is 1. The van der Waals surface area contributed by atoms with Gasteiger partial charge in [-0.2, -0.15) is 0 Å². The van der Waals surface area contributed by atoms with E-state index in [-0.39, 0.29) is 28.9 Å². The Hall–Kier alpha value is -3.42. The number of rotatable bonds is 4. The van der Waals surface area contributed by atoms with Gasteiger partial charge >= 0.3 is 0 Å². The molecule has 0 aromatic heterocycles. The summed E-state index contributed by atoms with van der Waals surface area (Å²) in [6, 6.07) is 3.45. The van der Waals surface area contributed by atoms with Crippen molar-refractivity contribution in [2.45, 2.75) is 69.1 Å². The first-order valence-corrected chi connectivity index (χ1v) is 12.3. The number of halogens is 1. The van der Waals surface area contributed by atoms with E-state index in [9.17, 15) is 34.8 Å². The lowest BCUT2D eigenvalue weighted by molar-refractivity contribution is -0.258. The monoisotopic (exact) mass is 545 g/mol. The van der Waals surface area contributed by atoms with Crippen molar-refractivity contribution in [2.75, 3.05) is 7.11 Å². The highest BCUT2D eigenvalue weighted by Crippen LogP contribution is 2.53. The van der Waals surface area contributed by atoms with Gasteiger partial charge in [0.1, 0.15) is 23.4 Å². The number of aliphatic hydroxyl groups excluding tert-OH is 1. The van der Waals surface area contributed by atoms with Crippen LogP contribution in [0.4, 0.5) is 4.39 Å². The summed E-state index contributed by atoms with van der Waals surface area (Å²) in [7, 11) is 1.29. The Bertz CT molecular complexity index is 1400. The van der Waals surface area contributed by atoms with Crippen LogP contribution in [0.1, 0.15) is 69.3 Å². The van der Waals surface area contributed by atoms with Crippen LogP contribution in [0.5, 0.6) is 17.2 Å². The van der Waals surface area contributed by atoms with E-state index in [1.807, 2.05) is 0 Å². The molecule has 208 valence electrons. The Labute approximate surface area is 221 Å². The zero-order chi connectivity index (χ0) is 28.5. The van der Waals surface area contributed by atoms with Crippen LogP contribution in [-0.2, 0) is 20.7 Å². The van der Waals surface area contributed by atoms with Crippen LogP contribution < -0.4 is 10.5 Å². The van der Waals surface area contributed by atoms with Crippen LogP contribution in [0.3, 0.4) is 0 Å². The second kappa shape index (κ2) is 9.35. The Morgan fingerprint density at radius 1 is 1.15 bits per heavy atom. The fourth-order valence-electron chi connectivity index (χ4n) is 5.66. The van der Waals surface area contributed by atoms with Gasteiger partial charge in [-0.25, -0.2) is 4.39 Å². The van der Waals surface area contributed by atoms with Crippen LogP contribution in [0.25, 0.3) is 0 Å². The molecule has 1 aliphatic heterocycles. The van der Waals surface area contributed by atoms with Crippen molar-refractivity contribution in [3.8, 4) is 17.2 Å². The van der Waals surface area contributed by atoms with Crippen LogP contribution in [0, 0.1) is 0 Å². The van der Waals surface area contributed by atoms with Gasteiger partial charge in [0.25, 0.3) is 0 Å². The fraction of sp³-hybridized carbons (Fsp3) is 0.444. The Kier molecular flexibility index (Phi) is 6.51. The molecule has 0 spiro atoms. The Morgan fingerprint density at radius 2 is 1.82 bits per heavy atom. The van der Waals surface area contributed by atoms with Gasteiger partial charge in [0, 0.05) is 35.6 Å². The predicted molar refractivity (Wildman–Crippen MR) is 131 cm³/mol. The Morgan fingerprint density at radius 3 is 2.44 bits per heavy atom. The van der Waals surface area contributed by atoms with Crippen LogP contribution >= 0.6 is 0 Å². The highest BCUT2D eigenvalue weighted by molar-refractivity contribution is 6.31. The van der Waals surface area contributed by atoms with Crippen molar-refractivity contribution in [3.63, 3.8) is 0 Å². The molecule has 2 aromatic carbocycles. The zero-order valence-electron chi connectivity index (χ0n) is 21.3. The normalized spacial score (nSPS) is 31.8. The lowest BCUT2D eigenvalue weighted by atomic mass is 9.71. The molecule has 39 heavy (non-hydrogen) atoms. The summed E-state index contributed by atoms with van der Waals surface area (Å²) in [4.78, 5) is 39.5. The predicted octanol–water partition coefficient (Wildman–Crippen LogP) is 0.977. The van der Waals surface area contributed by atoms with Gasteiger partial charge in [-0.15, -0.1) is 0 Å². The summed E-state index contributed by atoms with van der Waals surface area (Å²) >= 11 is 0. The molecule has 2 aromatic rings. The van der Waals surface area contributed by atoms with Crippen molar-refractivity contribution in [2.24, 2.45) is 5.73 Å². The molecule has 3 aliphatic rings. The number of aromatic hydroxyl groups is 2. The molecule has 2 aliphatic carbocycles. The Balaban J connectivity index is 1.72. The molecule has 0 radical (unpaired) electrons. The maximum atomic E-state index is 16.0. The third-order valence-corrected chi connectivity index (χ3v) is 7.87. The number of nitrogens with two attached hydrogens (primary N) is 1. The number of alkyl halides is 1. The SMILES string of the molecule is COc1cccc2c1C(=O)c1c(O)c3c(c(O)c1C2=O)C[C@@](O)(C(C)=O)[C@@H](F)[C@@H]3O[C@H]1C[C@H](N)[C@H](O)[C@H](C)O1. The first-order chi connectivity index (χ1) is 18.3. The fourth-order valence-corrected chi connectivity index (χ4v) is 5.66. The third-order valence-electron chi connectivity index (χ3n) is 7.87. The van der Waals surface area contributed by atoms with Crippen molar-refractivity contribution in [3.05, 3.63) is 51.6 Å². The standard InChI is InChI=1S/C27H28FNO10/c1-9-20(31)13(29)7-15(38-9)39-25-17-12(8-27(36,10(2)30)26(25)28)22(33)18-19(24(17)35)23(34)16-11(21(18)32)5-4-6-14(16)37-3/h4-6,9,13,15,20,25-26,31,33,35-36H,7-8,29H2,1-3H3/t9-,13-,15-,20+,25+,26-,27+/m0/s1. The van der Waals surface area contributed by atoms with Crippen molar-refractivity contribution < 1.29 is 53.4 Å². The van der Waals surface area contributed by atoms with Gasteiger partial charge in [-0.3, -0.25) is 14.4 Å². The van der Waals surface area contributed by atoms with E-state index in [0.29, 0.717) is 0 Å². The molecule has 11 nitrogen and oxygen atoms in total. The number of carbonyl (C=O) groups excluding carboxylic acids is 3. The lowest BCUT2D eigenvalue weighted by Gasteiger charge is -2.43. The van der Waals surface area contributed by atoms with Gasteiger partial charge in [0.15, 0.2) is 29.6 Å². The summed E-state index contributed by atoms with van der Waals surface area (Å²) in [5.74, 6) is -4.26. The molecule has 1 heterocycles. The second-order valence-electron chi connectivity index (χ2n) is 10.2. The van der Waals surface area contributed by atoms with Crippen LogP contribution in [0.15, 0.2) is 18.2 Å². The van der Waals surface area contributed by atoms with Gasteiger partial charge in [0.2, 0.25) is 5.78 Å². The number of phenolic OH excluding ortho intramolecular Hbond substituents is 2. The summed E-state index contributed by atoms with van der Waals surface area (Å²) < 4.78 is 32.7. The average Bonchev–Trinajstić information content (AvgIpc) is 2.89. The number of methoxy groups -OCH3 is 1.